The van der Waals surface area contributed by atoms with Crippen molar-refractivity contribution in [3.63, 3.8) is 0 Å². The highest BCUT2D eigenvalue weighted by molar-refractivity contribution is 5.81. The Bertz CT molecular complexity index is 411. The number of carbonyl (C=O) groups is 2. The van der Waals surface area contributed by atoms with Crippen LogP contribution >= 0.6 is 0 Å². The van der Waals surface area contributed by atoms with Gasteiger partial charge in [0.05, 0.1) is 19.8 Å². The molecule has 1 aliphatic carbocycles. The van der Waals surface area contributed by atoms with Crippen molar-refractivity contribution in [1.29, 1.82) is 0 Å². The minimum absolute atomic E-state index is 0.128. The van der Waals surface area contributed by atoms with Crippen molar-refractivity contribution in [1.82, 2.24) is 4.90 Å². The molecule has 0 bridgehead atoms. The van der Waals surface area contributed by atoms with Crippen molar-refractivity contribution in [3.05, 3.63) is 0 Å². The molecule has 1 heterocycles. The van der Waals surface area contributed by atoms with E-state index in [1.54, 1.807) is 4.90 Å². The smallest absolute Gasteiger partial charge is 0.409 e. The van der Waals surface area contributed by atoms with E-state index in [-0.39, 0.29) is 18.2 Å². The number of methoxy groups -OCH3 is 1. The molecule has 1 aliphatic heterocycles. The Hall–Kier alpha value is -1.30. The Morgan fingerprint density at radius 3 is 2.38 bits per heavy atom. The molecule has 120 valence electrons. The van der Waals surface area contributed by atoms with E-state index >= 15 is 0 Å². The van der Waals surface area contributed by atoms with Gasteiger partial charge in [-0.1, -0.05) is 0 Å². The molecule has 0 spiro atoms. The SMILES string of the molecule is COC(=O)N1CC[C@H](OC2(C(=O)OC(C)(C)C)CCC2)C1. The van der Waals surface area contributed by atoms with Crippen LogP contribution in [0.25, 0.3) is 0 Å². The molecule has 6 heteroatoms. The molecule has 1 saturated heterocycles. The van der Waals surface area contributed by atoms with Crippen molar-refractivity contribution in [2.75, 3.05) is 20.2 Å². The Labute approximate surface area is 125 Å². The van der Waals surface area contributed by atoms with Gasteiger partial charge >= 0.3 is 12.1 Å². The molecule has 0 unspecified atom stereocenters. The van der Waals surface area contributed by atoms with Crippen molar-refractivity contribution in [2.45, 2.75) is 63.8 Å². The van der Waals surface area contributed by atoms with Crippen LogP contribution in [-0.2, 0) is 19.0 Å². The number of rotatable bonds is 3. The van der Waals surface area contributed by atoms with Gasteiger partial charge in [0.15, 0.2) is 5.60 Å². The molecule has 0 aromatic heterocycles. The summed E-state index contributed by atoms with van der Waals surface area (Å²) in [4.78, 5) is 25.5. The van der Waals surface area contributed by atoms with Crippen LogP contribution in [0.2, 0.25) is 0 Å². The molecule has 0 aromatic rings. The lowest BCUT2D eigenvalue weighted by molar-refractivity contribution is -0.204. The van der Waals surface area contributed by atoms with Crippen molar-refractivity contribution in [3.8, 4) is 0 Å². The quantitative estimate of drug-likeness (QED) is 0.747. The van der Waals surface area contributed by atoms with E-state index in [4.69, 9.17) is 14.2 Å². The first kappa shape index (κ1) is 16.1. The largest absolute Gasteiger partial charge is 0.458 e. The maximum atomic E-state index is 12.4. The molecular weight excluding hydrogens is 274 g/mol. The minimum atomic E-state index is -0.815. The van der Waals surface area contributed by atoms with E-state index in [0.29, 0.717) is 25.9 Å². The van der Waals surface area contributed by atoms with Gasteiger partial charge in [0.1, 0.15) is 5.60 Å². The Kier molecular flexibility index (Phi) is 4.46. The first-order valence-corrected chi connectivity index (χ1v) is 7.50. The summed E-state index contributed by atoms with van der Waals surface area (Å²) >= 11 is 0. The van der Waals surface area contributed by atoms with Gasteiger partial charge in [0.2, 0.25) is 0 Å². The zero-order valence-corrected chi connectivity index (χ0v) is 13.3. The molecule has 1 atom stereocenters. The molecule has 1 amide bonds. The Morgan fingerprint density at radius 1 is 1.24 bits per heavy atom. The van der Waals surface area contributed by atoms with Gasteiger partial charge < -0.3 is 19.1 Å². The fraction of sp³-hybridized carbons (Fsp3) is 0.867. The summed E-state index contributed by atoms with van der Waals surface area (Å²) in [5.74, 6) is -0.280. The topological polar surface area (TPSA) is 65.1 Å². The number of nitrogens with zero attached hydrogens (tertiary/aromatic N) is 1. The van der Waals surface area contributed by atoms with Gasteiger partial charge in [0.25, 0.3) is 0 Å². The van der Waals surface area contributed by atoms with Crippen LogP contribution in [0.3, 0.4) is 0 Å². The maximum absolute atomic E-state index is 12.4. The highest BCUT2D eigenvalue weighted by Gasteiger charge is 2.50. The van der Waals surface area contributed by atoms with E-state index in [1.807, 2.05) is 20.8 Å². The first-order valence-electron chi connectivity index (χ1n) is 7.50. The summed E-state index contributed by atoms with van der Waals surface area (Å²) in [5.41, 5.74) is -1.33. The number of amides is 1. The predicted molar refractivity (Wildman–Crippen MR) is 75.9 cm³/mol. The highest BCUT2D eigenvalue weighted by Crippen LogP contribution is 2.40. The lowest BCUT2D eigenvalue weighted by Crippen LogP contribution is -2.53. The van der Waals surface area contributed by atoms with Crippen LogP contribution < -0.4 is 0 Å². The zero-order valence-electron chi connectivity index (χ0n) is 13.3. The average Bonchev–Trinajstić information content (AvgIpc) is 2.78. The summed E-state index contributed by atoms with van der Waals surface area (Å²) < 4.78 is 16.2. The van der Waals surface area contributed by atoms with E-state index in [0.717, 1.165) is 12.8 Å². The fourth-order valence-electron chi connectivity index (χ4n) is 2.68. The first-order chi connectivity index (χ1) is 9.76. The highest BCUT2D eigenvalue weighted by atomic mass is 16.6. The van der Waals surface area contributed by atoms with Gasteiger partial charge in [0, 0.05) is 6.54 Å². The second-order valence-corrected chi connectivity index (χ2v) is 6.79. The fourth-order valence-corrected chi connectivity index (χ4v) is 2.68. The molecule has 0 radical (unpaired) electrons. The summed E-state index contributed by atoms with van der Waals surface area (Å²) in [6.45, 7) is 6.63. The Balaban J connectivity index is 1.94. The molecule has 2 fully saturated rings. The van der Waals surface area contributed by atoms with Crippen LogP contribution in [0, 0.1) is 0 Å². The van der Waals surface area contributed by atoms with Crippen LogP contribution in [0.1, 0.15) is 46.5 Å². The number of ether oxygens (including phenoxy) is 3. The molecule has 6 nitrogen and oxygen atoms in total. The van der Waals surface area contributed by atoms with Gasteiger partial charge in [-0.15, -0.1) is 0 Å². The summed E-state index contributed by atoms with van der Waals surface area (Å²) in [5, 5.41) is 0. The summed E-state index contributed by atoms with van der Waals surface area (Å²) in [6.07, 6.45) is 2.59. The van der Waals surface area contributed by atoms with Crippen LogP contribution in [-0.4, -0.2) is 54.5 Å². The lowest BCUT2D eigenvalue weighted by atomic mass is 9.79. The van der Waals surface area contributed by atoms with Crippen LogP contribution in [0.4, 0.5) is 4.79 Å². The summed E-state index contributed by atoms with van der Waals surface area (Å²) in [7, 11) is 1.37. The number of hydrogen-bond acceptors (Lipinski definition) is 5. The third-order valence-corrected chi connectivity index (χ3v) is 3.90. The van der Waals surface area contributed by atoms with Gasteiger partial charge in [-0.2, -0.15) is 0 Å². The number of hydrogen-bond donors (Lipinski definition) is 0. The summed E-state index contributed by atoms with van der Waals surface area (Å²) in [6, 6.07) is 0. The molecule has 2 aliphatic rings. The number of carbonyl (C=O) groups excluding carboxylic acids is 2. The molecular formula is C15H25NO5. The predicted octanol–water partition coefficient (Wildman–Crippen LogP) is 2.11. The standard InChI is InChI=1S/C15H25NO5/c1-14(2,3)21-12(17)15(7-5-8-15)20-11-6-9-16(10-11)13(18)19-4/h11H,5-10H2,1-4H3/t11-/m0/s1. The maximum Gasteiger partial charge on any atom is 0.409 e. The number of esters is 1. The van der Waals surface area contributed by atoms with Gasteiger partial charge in [-0.05, 0) is 46.5 Å². The molecule has 2 rings (SSSR count). The zero-order chi connectivity index (χ0) is 15.7. The minimum Gasteiger partial charge on any atom is -0.458 e. The molecule has 0 N–H and O–H groups in total. The van der Waals surface area contributed by atoms with E-state index in [2.05, 4.69) is 0 Å². The van der Waals surface area contributed by atoms with Crippen molar-refractivity contribution >= 4 is 12.1 Å². The van der Waals surface area contributed by atoms with Crippen LogP contribution in [0.5, 0.6) is 0 Å². The lowest BCUT2D eigenvalue weighted by Gasteiger charge is -2.42. The third kappa shape index (κ3) is 3.67. The molecule has 21 heavy (non-hydrogen) atoms. The average molecular weight is 299 g/mol. The second kappa shape index (κ2) is 5.83. The van der Waals surface area contributed by atoms with E-state index in [1.165, 1.54) is 7.11 Å². The van der Waals surface area contributed by atoms with Crippen molar-refractivity contribution < 1.29 is 23.8 Å². The van der Waals surface area contributed by atoms with Gasteiger partial charge in [-0.3, -0.25) is 0 Å². The second-order valence-electron chi connectivity index (χ2n) is 6.79. The molecule has 0 aromatic carbocycles. The Morgan fingerprint density at radius 2 is 1.90 bits per heavy atom. The van der Waals surface area contributed by atoms with E-state index < -0.39 is 11.2 Å². The third-order valence-electron chi connectivity index (χ3n) is 3.90. The molecule has 1 saturated carbocycles. The van der Waals surface area contributed by atoms with Crippen molar-refractivity contribution in [2.24, 2.45) is 0 Å². The monoisotopic (exact) mass is 299 g/mol. The number of likely N-dealkylation sites (tertiary alicyclic amines) is 1. The van der Waals surface area contributed by atoms with Gasteiger partial charge in [-0.25, -0.2) is 9.59 Å². The van der Waals surface area contributed by atoms with E-state index in [9.17, 15) is 9.59 Å². The normalized spacial score (nSPS) is 24.4. The van der Waals surface area contributed by atoms with Crippen LogP contribution in [0.15, 0.2) is 0 Å².